The highest BCUT2D eigenvalue weighted by Gasteiger charge is 2.55. The summed E-state index contributed by atoms with van der Waals surface area (Å²) in [4.78, 5) is 28.3. The van der Waals surface area contributed by atoms with E-state index in [2.05, 4.69) is 10.7 Å². The first-order valence-electron chi connectivity index (χ1n) is 13.5. The number of nitrogens with zero attached hydrogens (tertiary/aromatic N) is 1. The minimum atomic E-state index is -0.630. The zero-order chi connectivity index (χ0) is 28.2. The van der Waals surface area contributed by atoms with E-state index in [9.17, 15) is 9.59 Å². The van der Waals surface area contributed by atoms with Crippen LogP contribution in [-0.2, 0) is 20.7 Å². The van der Waals surface area contributed by atoms with Crippen LogP contribution in [0.2, 0.25) is 0 Å². The van der Waals surface area contributed by atoms with Crippen LogP contribution in [0.25, 0.3) is 5.57 Å². The maximum atomic E-state index is 13.7. The molecule has 1 saturated heterocycles. The van der Waals surface area contributed by atoms with Crippen molar-refractivity contribution in [3.8, 4) is 0 Å². The summed E-state index contributed by atoms with van der Waals surface area (Å²) >= 11 is 7.53. The number of carbonyl (C=O) groups is 2. The molecule has 4 aromatic carbocycles. The molecular formula is C34H28N2O3S2. The van der Waals surface area contributed by atoms with Crippen LogP contribution in [-0.4, -0.2) is 39.2 Å². The van der Waals surface area contributed by atoms with E-state index >= 15 is 0 Å². The van der Waals surface area contributed by atoms with Gasteiger partial charge in [-0.05, 0) is 45.5 Å². The zero-order valence-electron chi connectivity index (χ0n) is 22.1. The molecule has 4 aromatic rings. The number of thioether (sulfide) groups is 1. The Morgan fingerprint density at radius 3 is 1.95 bits per heavy atom. The van der Waals surface area contributed by atoms with Gasteiger partial charge in [0.15, 0.2) is 5.05 Å². The number of carbonyl (C=O) groups excluding carboxylic acids is 2. The normalized spacial score (nSPS) is 19.5. The number of ether oxygens (including phenoxy) is 1. The number of benzene rings is 4. The van der Waals surface area contributed by atoms with Crippen molar-refractivity contribution in [1.82, 2.24) is 10.2 Å². The monoisotopic (exact) mass is 576 g/mol. The van der Waals surface area contributed by atoms with Crippen LogP contribution in [0.5, 0.6) is 0 Å². The van der Waals surface area contributed by atoms with Crippen LogP contribution in [0.4, 0.5) is 0 Å². The van der Waals surface area contributed by atoms with Gasteiger partial charge in [-0.25, -0.2) is 0 Å². The number of amides is 2. The number of thiocarbonyl (C=S) groups is 1. The van der Waals surface area contributed by atoms with Gasteiger partial charge < -0.3 is 15.0 Å². The molecule has 204 valence electrons. The van der Waals surface area contributed by atoms with Gasteiger partial charge in [-0.3, -0.25) is 9.59 Å². The number of β-lactam (4-membered cyclic amide) rings is 1. The average molecular weight is 577 g/mol. The summed E-state index contributed by atoms with van der Waals surface area (Å²) in [5.41, 5.74) is 4.70. The third kappa shape index (κ3) is 5.69. The lowest BCUT2D eigenvalue weighted by Gasteiger charge is -2.52. The standard InChI is InChI=1S/C34H28N2O3S2/c37-28(21-23-13-5-1-6-14-23)35-29-32(38)36-30(27(22-41-33(29)36)24-15-7-2-8-16-24)34(40)39-31(25-17-9-3-10-18-25)26-19-11-4-12-20-26/h1-20,22,29-31,33H,21H2,(H,35,37)/t29-,30-,33-/m1/s1. The van der Waals surface area contributed by atoms with Crippen LogP contribution >= 0.6 is 24.0 Å². The Morgan fingerprint density at radius 1 is 0.829 bits per heavy atom. The minimum Gasteiger partial charge on any atom is -0.472 e. The molecule has 7 heteroatoms. The van der Waals surface area contributed by atoms with Crippen molar-refractivity contribution in [2.75, 3.05) is 0 Å². The van der Waals surface area contributed by atoms with Crippen molar-refractivity contribution in [2.24, 2.45) is 0 Å². The molecular weight excluding hydrogens is 549 g/mol. The molecule has 0 aliphatic carbocycles. The zero-order valence-corrected chi connectivity index (χ0v) is 23.8. The summed E-state index contributed by atoms with van der Waals surface area (Å²) < 4.78 is 6.61. The first-order valence-corrected chi connectivity index (χ1v) is 14.8. The quantitative estimate of drug-likeness (QED) is 0.201. The fraction of sp³-hybridized carbons (Fsp3) is 0.147. The van der Waals surface area contributed by atoms with E-state index in [0.29, 0.717) is 5.05 Å². The molecule has 0 radical (unpaired) electrons. The number of hydrogen-bond donors (Lipinski definition) is 1. The second kappa shape index (κ2) is 12.1. The minimum absolute atomic E-state index is 0.169. The van der Waals surface area contributed by atoms with Crippen LogP contribution < -0.4 is 5.32 Å². The second-order valence-corrected chi connectivity index (χ2v) is 11.4. The van der Waals surface area contributed by atoms with E-state index < -0.39 is 18.2 Å². The van der Waals surface area contributed by atoms with Crippen molar-refractivity contribution < 1.29 is 14.3 Å². The van der Waals surface area contributed by atoms with Crippen LogP contribution in [0.1, 0.15) is 28.4 Å². The van der Waals surface area contributed by atoms with E-state index in [4.69, 9.17) is 17.0 Å². The predicted octanol–water partition coefficient (Wildman–Crippen LogP) is 6.17. The molecule has 2 aliphatic rings. The Bertz CT molecular complexity index is 1520. The molecule has 0 spiro atoms. The molecule has 2 amide bonds. The molecule has 2 heterocycles. The molecule has 1 fully saturated rings. The molecule has 0 aromatic heterocycles. The van der Waals surface area contributed by atoms with E-state index in [1.807, 2.05) is 121 Å². The molecule has 1 N–H and O–H groups in total. The number of hydrogen-bond acceptors (Lipinski definition) is 5. The summed E-state index contributed by atoms with van der Waals surface area (Å²) in [5, 5.41) is 5.04. The first-order chi connectivity index (χ1) is 20.1. The maximum Gasteiger partial charge on any atom is 0.250 e. The Balaban J connectivity index is 1.28. The fourth-order valence-corrected chi connectivity index (χ4v) is 6.85. The topological polar surface area (TPSA) is 58.6 Å². The lowest BCUT2D eigenvalue weighted by Crippen LogP contribution is -2.73. The SMILES string of the molecule is O=C(Cc1ccccc1)N[C@@H]1C(=O)N2[C@@H](C(=S)OC(c3ccccc3)c3ccccc3)C(c3ccccc3)=CS[C@H]12. The average Bonchev–Trinajstić information content (AvgIpc) is 3.03. The van der Waals surface area contributed by atoms with Gasteiger partial charge in [-0.1, -0.05) is 121 Å². The lowest BCUT2D eigenvalue weighted by molar-refractivity contribution is -0.149. The summed E-state index contributed by atoms with van der Waals surface area (Å²) in [6.45, 7) is 0. The van der Waals surface area contributed by atoms with Crippen LogP contribution in [0.15, 0.2) is 127 Å². The van der Waals surface area contributed by atoms with E-state index in [0.717, 1.165) is 27.8 Å². The lowest BCUT2D eigenvalue weighted by atomic mass is 9.93. The first kappa shape index (κ1) is 27.0. The molecule has 0 saturated carbocycles. The molecule has 6 rings (SSSR count). The van der Waals surface area contributed by atoms with Gasteiger partial charge >= 0.3 is 0 Å². The van der Waals surface area contributed by atoms with Gasteiger partial charge in [-0.15, -0.1) is 11.8 Å². The highest BCUT2D eigenvalue weighted by atomic mass is 32.2. The summed E-state index contributed by atoms with van der Waals surface area (Å²) in [7, 11) is 0. The van der Waals surface area contributed by atoms with E-state index in [-0.39, 0.29) is 23.6 Å². The van der Waals surface area contributed by atoms with Gasteiger partial charge in [0.25, 0.3) is 0 Å². The maximum absolute atomic E-state index is 13.7. The Hall–Kier alpha value is -4.20. The fourth-order valence-electron chi connectivity index (χ4n) is 5.26. The summed E-state index contributed by atoms with van der Waals surface area (Å²) in [6, 6.07) is 38.1. The van der Waals surface area contributed by atoms with Gasteiger partial charge in [0.2, 0.25) is 11.8 Å². The summed E-state index contributed by atoms with van der Waals surface area (Å²) in [5.74, 6) is -0.353. The smallest absolute Gasteiger partial charge is 0.250 e. The van der Waals surface area contributed by atoms with Crippen LogP contribution in [0.3, 0.4) is 0 Å². The highest BCUT2D eigenvalue weighted by Crippen LogP contribution is 2.44. The van der Waals surface area contributed by atoms with Gasteiger partial charge in [0, 0.05) is 0 Å². The Morgan fingerprint density at radius 2 is 1.37 bits per heavy atom. The van der Waals surface area contributed by atoms with Crippen molar-refractivity contribution in [1.29, 1.82) is 0 Å². The molecule has 5 nitrogen and oxygen atoms in total. The Kier molecular flexibility index (Phi) is 7.98. The van der Waals surface area contributed by atoms with E-state index in [1.165, 1.54) is 11.8 Å². The van der Waals surface area contributed by atoms with Crippen molar-refractivity contribution in [2.45, 2.75) is 30.0 Å². The van der Waals surface area contributed by atoms with Gasteiger partial charge in [0.1, 0.15) is 23.6 Å². The molecule has 41 heavy (non-hydrogen) atoms. The third-order valence-electron chi connectivity index (χ3n) is 7.28. The molecule has 3 atom stereocenters. The number of rotatable bonds is 8. The largest absolute Gasteiger partial charge is 0.472 e. The summed E-state index contributed by atoms with van der Waals surface area (Å²) in [6.07, 6.45) is -0.221. The van der Waals surface area contributed by atoms with Gasteiger partial charge in [-0.2, -0.15) is 0 Å². The number of nitrogens with one attached hydrogen (secondary N) is 1. The highest BCUT2D eigenvalue weighted by molar-refractivity contribution is 8.03. The van der Waals surface area contributed by atoms with E-state index in [1.54, 1.807) is 4.90 Å². The predicted molar refractivity (Wildman–Crippen MR) is 167 cm³/mol. The number of fused-ring (bicyclic) bond motifs is 1. The third-order valence-corrected chi connectivity index (χ3v) is 8.77. The van der Waals surface area contributed by atoms with Gasteiger partial charge in [0.05, 0.1) is 6.42 Å². The molecule has 2 aliphatic heterocycles. The van der Waals surface area contributed by atoms with Crippen LogP contribution in [0, 0.1) is 0 Å². The Labute approximate surface area is 249 Å². The molecule has 0 unspecified atom stereocenters. The second-order valence-electron chi connectivity index (χ2n) is 9.96. The van der Waals surface area contributed by atoms with Crippen molar-refractivity contribution in [3.63, 3.8) is 0 Å². The molecule has 0 bridgehead atoms. The van der Waals surface area contributed by atoms with Crippen molar-refractivity contribution in [3.05, 3.63) is 149 Å². The van der Waals surface area contributed by atoms with Crippen molar-refractivity contribution >= 4 is 46.4 Å².